The first-order chi connectivity index (χ1) is 12.9. The van der Waals surface area contributed by atoms with E-state index in [4.69, 9.17) is 0 Å². The second-order valence-electron chi connectivity index (χ2n) is 7.39. The van der Waals surface area contributed by atoms with Crippen LogP contribution in [0.1, 0.15) is 44.9 Å². The van der Waals surface area contributed by atoms with E-state index in [0.717, 1.165) is 51.1 Å². The number of ketones is 1. The molecule has 1 saturated carbocycles. The standard InChI is InChI=1S/C22H22N2O2S/c1-12-10-13(2)23-22-19(12)14(3)20(27-22)21(26)24-17-8-4-15(5-9-17)11-18(25)16-6-7-16/h4-5,8-10,16H,6-7,11H2,1-3H3,(H,24,26). The molecule has 27 heavy (non-hydrogen) atoms. The fourth-order valence-corrected chi connectivity index (χ4v) is 4.68. The highest BCUT2D eigenvalue weighted by Crippen LogP contribution is 2.33. The summed E-state index contributed by atoms with van der Waals surface area (Å²) < 4.78 is 0. The Kier molecular flexibility index (Phi) is 4.56. The van der Waals surface area contributed by atoms with Crippen LogP contribution in [0.15, 0.2) is 30.3 Å². The van der Waals surface area contributed by atoms with Gasteiger partial charge in [0.2, 0.25) is 0 Å². The molecule has 4 rings (SSSR count). The minimum Gasteiger partial charge on any atom is -0.321 e. The summed E-state index contributed by atoms with van der Waals surface area (Å²) >= 11 is 1.43. The van der Waals surface area contributed by atoms with Crippen LogP contribution in [-0.4, -0.2) is 16.7 Å². The van der Waals surface area contributed by atoms with Crippen LogP contribution in [0.3, 0.4) is 0 Å². The third kappa shape index (κ3) is 3.65. The van der Waals surface area contributed by atoms with E-state index in [9.17, 15) is 9.59 Å². The van der Waals surface area contributed by atoms with Crippen molar-refractivity contribution < 1.29 is 9.59 Å². The van der Waals surface area contributed by atoms with E-state index in [1.807, 2.05) is 44.2 Å². The fraction of sp³-hybridized carbons (Fsp3) is 0.318. The van der Waals surface area contributed by atoms with Gasteiger partial charge in [0, 0.05) is 29.1 Å². The predicted octanol–water partition coefficient (Wildman–Crippen LogP) is 5.00. The van der Waals surface area contributed by atoms with Gasteiger partial charge in [-0.3, -0.25) is 9.59 Å². The zero-order valence-electron chi connectivity index (χ0n) is 15.8. The Morgan fingerprint density at radius 3 is 2.52 bits per heavy atom. The van der Waals surface area contributed by atoms with E-state index in [1.165, 1.54) is 11.3 Å². The zero-order chi connectivity index (χ0) is 19.1. The fourth-order valence-electron chi connectivity index (χ4n) is 3.48. The predicted molar refractivity (Wildman–Crippen MR) is 110 cm³/mol. The number of nitrogens with one attached hydrogen (secondary N) is 1. The number of nitrogens with zero attached hydrogens (tertiary/aromatic N) is 1. The lowest BCUT2D eigenvalue weighted by Crippen LogP contribution is -2.11. The molecule has 2 aromatic heterocycles. The van der Waals surface area contributed by atoms with Crippen molar-refractivity contribution in [3.8, 4) is 0 Å². The summed E-state index contributed by atoms with van der Waals surface area (Å²) in [5, 5.41) is 4.04. The van der Waals surface area contributed by atoms with Crippen molar-refractivity contribution in [1.29, 1.82) is 0 Å². The molecule has 4 nitrogen and oxygen atoms in total. The number of fused-ring (bicyclic) bond motifs is 1. The average molecular weight is 378 g/mol. The molecule has 0 bridgehead atoms. The van der Waals surface area contributed by atoms with Gasteiger partial charge in [-0.1, -0.05) is 12.1 Å². The number of thiophene rings is 1. The van der Waals surface area contributed by atoms with E-state index < -0.39 is 0 Å². The topological polar surface area (TPSA) is 59.1 Å². The molecule has 5 heteroatoms. The number of aryl methyl sites for hydroxylation is 3. The summed E-state index contributed by atoms with van der Waals surface area (Å²) in [7, 11) is 0. The second kappa shape index (κ2) is 6.89. The Balaban J connectivity index is 1.52. The van der Waals surface area contributed by atoms with Crippen LogP contribution in [0.5, 0.6) is 0 Å². The van der Waals surface area contributed by atoms with Gasteiger partial charge in [0.05, 0.1) is 4.88 Å². The molecule has 2 heterocycles. The maximum Gasteiger partial charge on any atom is 0.266 e. The molecule has 0 aliphatic heterocycles. The lowest BCUT2D eigenvalue weighted by atomic mass is 10.1. The molecule has 3 aromatic rings. The highest BCUT2D eigenvalue weighted by Gasteiger charge is 2.29. The molecule has 0 spiro atoms. The van der Waals surface area contributed by atoms with Gasteiger partial charge in [-0.25, -0.2) is 4.98 Å². The minimum absolute atomic E-state index is 0.116. The van der Waals surface area contributed by atoms with Gasteiger partial charge >= 0.3 is 0 Å². The normalized spacial score (nSPS) is 13.7. The Bertz CT molecular complexity index is 1050. The van der Waals surface area contributed by atoms with Gasteiger partial charge in [0.15, 0.2) is 0 Å². The maximum absolute atomic E-state index is 12.8. The lowest BCUT2D eigenvalue weighted by molar-refractivity contribution is -0.119. The molecule has 0 radical (unpaired) electrons. The number of Topliss-reactive ketones (excluding diaryl/α,β-unsaturated/α-hetero) is 1. The number of hydrogen-bond acceptors (Lipinski definition) is 4. The number of pyridine rings is 1. The van der Waals surface area contributed by atoms with Gasteiger partial charge in [-0.15, -0.1) is 11.3 Å². The van der Waals surface area contributed by atoms with Gasteiger partial charge in [-0.2, -0.15) is 0 Å². The summed E-state index contributed by atoms with van der Waals surface area (Å²) in [6.07, 6.45) is 2.56. The number of carbonyl (C=O) groups is 2. The van der Waals surface area contributed by atoms with Crippen molar-refractivity contribution in [2.24, 2.45) is 5.92 Å². The van der Waals surface area contributed by atoms with Gasteiger partial charge in [0.1, 0.15) is 10.6 Å². The summed E-state index contributed by atoms with van der Waals surface area (Å²) in [6.45, 7) is 6.00. The molecule has 1 aliphatic rings. The Hall–Kier alpha value is -2.53. The first kappa shape index (κ1) is 17.9. The Labute approximate surface area is 162 Å². The minimum atomic E-state index is -0.116. The number of aromatic nitrogens is 1. The third-order valence-electron chi connectivity index (χ3n) is 5.05. The molecule has 1 fully saturated rings. The molecule has 0 atom stereocenters. The number of carbonyl (C=O) groups excluding carboxylic acids is 2. The zero-order valence-corrected chi connectivity index (χ0v) is 16.6. The third-order valence-corrected chi connectivity index (χ3v) is 6.24. The Morgan fingerprint density at radius 1 is 1.15 bits per heavy atom. The smallest absolute Gasteiger partial charge is 0.266 e. The van der Waals surface area contributed by atoms with Crippen LogP contribution in [-0.2, 0) is 11.2 Å². The van der Waals surface area contributed by atoms with Crippen molar-refractivity contribution in [3.63, 3.8) is 0 Å². The SMILES string of the molecule is Cc1cc(C)c2c(C)c(C(=O)Nc3ccc(CC(=O)C4CC4)cc3)sc2n1. The second-order valence-corrected chi connectivity index (χ2v) is 8.38. The van der Waals surface area contributed by atoms with E-state index in [1.54, 1.807) is 0 Å². The van der Waals surface area contributed by atoms with Crippen LogP contribution >= 0.6 is 11.3 Å². The van der Waals surface area contributed by atoms with Crippen molar-refractivity contribution in [3.05, 3.63) is 57.6 Å². The number of rotatable bonds is 5. The largest absolute Gasteiger partial charge is 0.321 e. The van der Waals surface area contributed by atoms with Crippen molar-refractivity contribution in [1.82, 2.24) is 4.98 Å². The van der Waals surface area contributed by atoms with Crippen LogP contribution in [0.2, 0.25) is 0 Å². The van der Waals surface area contributed by atoms with E-state index in [0.29, 0.717) is 17.1 Å². The van der Waals surface area contributed by atoms with Gasteiger partial charge in [0.25, 0.3) is 5.91 Å². The summed E-state index contributed by atoms with van der Waals surface area (Å²) in [5.41, 5.74) is 4.82. The van der Waals surface area contributed by atoms with Gasteiger partial charge < -0.3 is 5.32 Å². The first-order valence-electron chi connectivity index (χ1n) is 9.22. The molecular formula is C22H22N2O2S. The average Bonchev–Trinajstić information content (AvgIpc) is 3.41. The molecule has 0 unspecified atom stereocenters. The van der Waals surface area contributed by atoms with Crippen LogP contribution < -0.4 is 5.32 Å². The molecule has 1 amide bonds. The number of benzene rings is 1. The van der Waals surface area contributed by atoms with Crippen LogP contribution in [0, 0.1) is 26.7 Å². The summed E-state index contributed by atoms with van der Waals surface area (Å²) in [6, 6.07) is 9.62. The van der Waals surface area contributed by atoms with Crippen LogP contribution in [0.4, 0.5) is 5.69 Å². The quantitative estimate of drug-likeness (QED) is 0.680. The van der Waals surface area contributed by atoms with Crippen LogP contribution in [0.25, 0.3) is 10.2 Å². The summed E-state index contributed by atoms with van der Waals surface area (Å²) in [4.78, 5) is 30.9. The first-order valence-corrected chi connectivity index (χ1v) is 10.0. The number of amides is 1. The molecule has 1 aromatic carbocycles. The monoisotopic (exact) mass is 378 g/mol. The highest BCUT2D eigenvalue weighted by molar-refractivity contribution is 7.20. The number of anilines is 1. The van der Waals surface area contributed by atoms with Crippen molar-refractivity contribution in [2.45, 2.75) is 40.0 Å². The number of hydrogen-bond donors (Lipinski definition) is 1. The maximum atomic E-state index is 12.8. The lowest BCUT2D eigenvalue weighted by Gasteiger charge is -2.06. The highest BCUT2D eigenvalue weighted by atomic mass is 32.1. The van der Waals surface area contributed by atoms with Crippen molar-refractivity contribution >= 4 is 38.9 Å². The van der Waals surface area contributed by atoms with E-state index >= 15 is 0 Å². The molecule has 138 valence electrons. The van der Waals surface area contributed by atoms with Crippen molar-refractivity contribution in [2.75, 3.05) is 5.32 Å². The molecule has 1 aliphatic carbocycles. The van der Waals surface area contributed by atoms with E-state index in [-0.39, 0.29) is 11.8 Å². The molecular weight excluding hydrogens is 356 g/mol. The molecule has 0 saturated heterocycles. The Morgan fingerprint density at radius 2 is 1.85 bits per heavy atom. The van der Waals surface area contributed by atoms with E-state index in [2.05, 4.69) is 17.2 Å². The van der Waals surface area contributed by atoms with Gasteiger partial charge in [-0.05, 0) is 68.5 Å². The molecule has 1 N–H and O–H groups in total. The summed E-state index contributed by atoms with van der Waals surface area (Å²) in [5.74, 6) is 0.487.